The highest BCUT2D eigenvalue weighted by molar-refractivity contribution is 7.89. The molecule has 0 aromatic carbocycles. The molecule has 0 spiro atoms. The van der Waals surface area contributed by atoms with Gasteiger partial charge in [0.05, 0.1) is 0 Å². The van der Waals surface area contributed by atoms with E-state index in [1.165, 1.54) is 6.07 Å². The number of rotatable bonds is 6. The SMILES string of the molecule is Cc1cc(S(=O)(=O)NCCCC(=O)O)c(C)o1. The van der Waals surface area contributed by atoms with Gasteiger partial charge in [0.25, 0.3) is 0 Å². The fourth-order valence-electron chi connectivity index (χ4n) is 1.40. The Morgan fingerprint density at radius 3 is 2.59 bits per heavy atom. The van der Waals surface area contributed by atoms with Crippen LogP contribution in [0.25, 0.3) is 0 Å². The van der Waals surface area contributed by atoms with Gasteiger partial charge in [-0.1, -0.05) is 0 Å². The minimum atomic E-state index is -3.60. The Balaban J connectivity index is 2.63. The molecule has 96 valence electrons. The van der Waals surface area contributed by atoms with Crippen molar-refractivity contribution in [1.82, 2.24) is 4.72 Å². The molecule has 0 amide bonds. The number of aliphatic carboxylic acids is 1. The van der Waals surface area contributed by atoms with Crippen LogP contribution in [0.3, 0.4) is 0 Å². The van der Waals surface area contributed by atoms with Crippen LogP contribution in [-0.4, -0.2) is 26.0 Å². The van der Waals surface area contributed by atoms with Crippen LogP contribution in [0.1, 0.15) is 24.4 Å². The highest BCUT2D eigenvalue weighted by Crippen LogP contribution is 2.18. The van der Waals surface area contributed by atoms with Crippen LogP contribution in [0.15, 0.2) is 15.4 Å². The number of aryl methyl sites for hydroxylation is 2. The van der Waals surface area contributed by atoms with Gasteiger partial charge in [-0.2, -0.15) is 0 Å². The molecule has 0 saturated heterocycles. The largest absolute Gasteiger partial charge is 0.481 e. The summed E-state index contributed by atoms with van der Waals surface area (Å²) in [7, 11) is -3.60. The van der Waals surface area contributed by atoms with E-state index in [9.17, 15) is 13.2 Å². The average molecular weight is 261 g/mol. The smallest absolute Gasteiger partial charge is 0.303 e. The fourth-order valence-corrected chi connectivity index (χ4v) is 2.71. The predicted octanol–water partition coefficient (Wildman–Crippen LogP) is 1.04. The molecule has 0 atom stereocenters. The number of sulfonamides is 1. The van der Waals surface area contributed by atoms with Gasteiger partial charge in [-0.3, -0.25) is 4.79 Å². The Labute approximate surface area is 99.7 Å². The predicted molar refractivity (Wildman–Crippen MR) is 60.2 cm³/mol. The van der Waals surface area contributed by atoms with E-state index in [1.54, 1.807) is 13.8 Å². The lowest BCUT2D eigenvalue weighted by atomic mass is 10.3. The highest BCUT2D eigenvalue weighted by atomic mass is 32.2. The molecule has 1 heterocycles. The van der Waals surface area contributed by atoms with Crippen molar-refractivity contribution in [1.29, 1.82) is 0 Å². The molecule has 0 unspecified atom stereocenters. The average Bonchev–Trinajstić information content (AvgIpc) is 2.53. The number of carboxylic acid groups (broad SMARTS) is 1. The monoisotopic (exact) mass is 261 g/mol. The molecule has 1 rings (SSSR count). The summed E-state index contributed by atoms with van der Waals surface area (Å²) in [6, 6.07) is 1.44. The number of hydrogen-bond acceptors (Lipinski definition) is 4. The lowest BCUT2D eigenvalue weighted by Crippen LogP contribution is -2.25. The standard InChI is InChI=1S/C10H15NO5S/c1-7-6-9(8(2)16-7)17(14,15)11-5-3-4-10(12)13/h6,11H,3-5H2,1-2H3,(H,12,13). The van der Waals surface area contributed by atoms with Gasteiger partial charge < -0.3 is 9.52 Å². The van der Waals surface area contributed by atoms with Crippen LogP contribution in [0.2, 0.25) is 0 Å². The minimum Gasteiger partial charge on any atom is -0.481 e. The second-order valence-electron chi connectivity index (χ2n) is 3.67. The van der Waals surface area contributed by atoms with Gasteiger partial charge in [0, 0.05) is 13.0 Å². The van der Waals surface area contributed by atoms with E-state index < -0.39 is 16.0 Å². The van der Waals surface area contributed by atoms with Crippen LogP contribution >= 0.6 is 0 Å². The van der Waals surface area contributed by atoms with Gasteiger partial charge in [0.1, 0.15) is 16.4 Å². The molecule has 0 bridgehead atoms. The Bertz CT molecular complexity index is 503. The maximum atomic E-state index is 11.8. The normalized spacial score (nSPS) is 11.6. The lowest BCUT2D eigenvalue weighted by Gasteiger charge is -2.04. The van der Waals surface area contributed by atoms with Gasteiger partial charge in [-0.15, -0.1) is 0 Å². The maximum Gasteiger partial charge on any atom is 0.303 e. The van der Waals surface area contributed by atoms with E-state index in [4.69, 9.17) is 9.52 Å². The van der Waals surface area contributed by atoms with Crippen molar-refractivity contribution in [3.05, 3.63) is 17.6 Å². The molecule has 0 radical (unpaired) electrons. The van der Waals surface area contributed by atoms with E-state index >= 15 is 0 Å². The van der Waals surface area contributed by atoms with E-state index in [2.05, 4.69) is 4.72 Å². The second kappa shape index (κ2) is 5.33. The molecule has 1 aromatic rings. The molecule has 0 aliphatic rings. The van der Waals surface area contributed by atoms with Crippen molar-refractivity contribution < 1.29 is 22.7 Å². The van der Waals surface area contributed by atoms with E-state index in [-0.39, 0.29) is 24.3 Å². The first-order chi connectivity index (χ1) is 7.83. The fraction of sp³-hybridized carbons (Fsp3) is 0.500. The third kappa shape index (κ3) is 3.86. The maximum absolute atomic E-state index is 11.8. The molecule has 0 fully saturated rings. The van der Waals surface area contributed by atoms with Crippen LogP contribution < -0.4 is 4.72 Å². The molecule has 7 heteroatoms. The summed E-state index contributed by atoms with van der Waals surface area (Å²) in [5.41, 5.74) is 0. The summed E-state index contributed by atoms with van der Waals surface area (Å²) in [6.45, 7) is 3.33. The molecule has 0 saturated carbocycles. The summed E-state index contributed by atoms with van der Waals surface area (Å²) in [5, 5.41) is 8.42. The first kappa shape index (κ1) is 13.7. The van der Waals surface area contributed by atoms with Gasteiger partial charge >= 0.3 is 5.97 Å². The molecule has 0 aliphatic heterocycles. The molecular weight excluding hydrogens is 246 g/mol. The third-order valence-corrected chi connectivity index (χ3v) is 3.71. The van der Waals surface area contributed by atoms with Crippen molar-refractivity contribution >= 4 is 16.0 Å². The van der Waals surface area contributed by atoms with Gasteiger partial charge in [-0.25, -0.2) is 13.1 Å². The topological polar surface area (TPSA) is 96.6 Å². The summed E-state index contributed by atoms with van der Waals surface area (Å²) >= 11 is 0. The summed E-state index contributed by atoms with van der Waals surface area (Å²) in [4.78, 5) is 10.4. The Kier molecular flexibility index (Phi) is 4.30. The number of furan rings is 1. The van der Waals surface area contributed by atoms with Crippen LogP contribution in [0.5, 0.6) is 0 Å². The molecule has 1 aromatic heterocycles. The molecule has 2 N–H and O–H groups in total. The van der Waals surface area contributed by atoms with E-state index in [1.807, 2.05) is 0 Å². The Morgan fingerprint density at radius 2 is 2.12 bits per heavy atom. The number of carbonyl (C=O) groups is 1. The number of carboxylic acids is 1. The van der Waals surface area contributed by atoms with Crippen LogP contribution in [0, 0.1) is 13.8 Å². The van der Waals surface area contributed by atoms with Gasteiger partial charge in [-0.05, 0) is 26.3 Å². The Morgan fingerprint density at radius 1 is 1.47 bits per heavy atom. The van der Waals surface area contributed by atoms with Crippen molar-refractivity contribution in [2.24, 2.45) is 0 Å². The van der Waals surface area contributed by atoms with Crippen molar-refractivity contribution in [2.75, 3.05) is 6.54 Å². The van der Waals surface area contributed by atoms with E-state index in [0.29, 0.717) is 11.5 Å². The number of hydrogen-bond donors (Lipinski definition) is 2. The van der Waals surface area contributed by atoms with Crippen LogP contribution in [0.4, 0.5) is 0 Å². The van der Waals surface area contributed by atoms with Crippen LogP contribution in [-0.2, 0) is 14.8 Å². The quantitative estimate of drug-likeness (QED) is 0.746. The lowest BCUT2D eigenvalue weighted by molar-refractivity contribution is -0.137. The zero-order valence-electron chi connectivity index (χ0n) is 9.69. The zero-order chi connectivity index (χ0) is 13.1. The van der Waals surface area contributed by atoms with Crippen molar-refractivity contribution in [3.8, 4) is 0 Å². The summed E-state index contributed by atoms with van der Waals surface area (Å²) in [6.07, 6.45) is 0.191. The first-order valence-corrected chi connectivity index (χ1v) is 6.60. The minimum absolute atomic E-state index is 0.0636. The number of nitrogens with one attached hydrogen (secondary N) is 1. The van der Waals surface area contributed by atoms with E-state index in [0.717, 1.165) is 0 Å². The third-order valence-electron chi connectivity index (χ3n) is 2.14. The van der Waals surface area contributed by atoms with Crippen molar-refractivity contribution in [2.45, 2.75) is 31.6 Å². The second-order valence-corrected chi connectivity index (χ2v) is 5.41. The van der Waals surface area contributed by atoms with Gasteiger partial charge in [0.15, 0.2) is 0 Å². The summed E-state index contributed by atoms with van der Waals surface area (Å²) in [5.74, 6) is -0.0961. The molecule has 0 aliphatic carbocycles. The highest BCUT2D eigenvalue weighted by Gasteiger charge is 2.19. The first-order valence-electron chi connectivity index (χ1n) is 5.11. The van der Waals surface area contributed by atoms with Gasteiger partial charge in [0.2, 0.25) is 10.0 Å². The Hall–Kier alpha value is -1.34. The molecular formula is C10H15NO5S. The van der Waals surface area contributed by atoms with Crippen molar-refractivity contribution in [3.63, 3.8) is 0 Å². The zero-order valence-corrected chi connectivity index (χ0v) is 10.5. The summed E-state index contributed by atoms with van der Waals surface area (Å²) < 4.78 is 31.1. The molecule has 6 nitrogen and oxygen atoms in total. The molecule has 17 heavy (non-hydrogen) atoms.